The maximum atomic E-state index is 11.9. The molecule has 0 saturated heterocycles. The zero-order valence-electron chi connectivity index (χ0n) is 12.5. The Bertz CT molecular complexity index is 561. The van der Waals surface area contributed by atoms with Gasteiger partial charge in [0.25, 0.3) is 0 Å². The second-order valence-electron chi connectivity index (χ2n) is 7.56. The van der Waals surface area contributed by atoms with E-state index < -0.39 is 11.4 Å². The molecule has 1 aromatic rings. The number of benzene rings is 1. The van der Waals surface area contributed by atoms with Crippen LogP contribution in [0, 0.1) is 17.3 Å². The van der Waals surface area contributed by atoms with Crippen LogP contribution in [0.15, 0.2) is 24.3 Å². The number of methoxy groups -OCH3 is 1. The van der Waals surface area contributed by atoms with Gasteiger partial charge in [0.1, 0.15) is 5.75 Å². The van der Waals surface area contributed by atoms with Crippen LogP contribution in [0.4, 0.5) is 0 Å². The van der Waals surface area contributed by atoms with E-state index in [1.165, 1.54) is 24.8 Å². The van der Waals surface area contributed by atoms with E-state index >= 15 is 0 Å². The second kappa shape index (κ2) is 4.25. The number of carboxylic acids is 1. The predicted molar refractivity (Wildman–Crippen MR) is 79.4 cm³/mol. The van der Waals surface area contributed by atoms with Crippen molar-refractivity contribution in [2.75, 3.05) is 7.11 Å². The van der Waals surface area contributed by atoms with Crippen LogP contribution in [0.5, 0.6) is 5.75 Å². The summed E-state index contributed by atoms with van der Waals surface area (Å²) in [5.41, 5.74) is 0.960. The number of hydrogen-bond donors (Lipinski definition) is 1. The maximum absolute atomic E-state index is 11.9. The average Bonchev–Trinajstić information content (AvgIpc) is 2.46. The molecule has 1 N–H and O–H groups in total. The van der Waals surface area contributed by atoms with E-state index in [2.05, 4.69) is 12.1 Å². The lowest BCUT2D eigenvalue weighted by Crippen LogP contribution is -2.56. The number of aliphatic carboxylic acids is 1. The summed E-state index contributed by atoms with van der Waals surface area (Å²) in [6.07, 6.45) is 6.21. The normalized spacial score (nSPS) is 40.2. The van der Waals surface area contributed by atoms with Gasteiger partial charge in [0.15, 0.2) is 0 Å². The minimum atomic E-state index is -0.561. The smallest absolute Gasteiger partial charge is 0.309 e. The summed E-state index contributed by atoms with van der Waals surface area (Å²) in [5.74, 6) is 1.51. The van der Waals surface area contributed by atoms with E-state index in [4.69, 9.17) is 4.74 Å². The molecule has 5 rings (SSSR count). The molecule has 4 fully saturated rings. The molecule has 0 amide bonds. The molecular formula is C18H22O3. The summed E-state index contributed by atoms with van der Waals surface area (Å²) in [6.45, 7) is 0. The van der Waals surface area contributed by atoms with Crippen molar-refractivity contribution in [3.05, 3.63) is 29.8 Å². The summed E-state index contributed by atoms with van der Waals surface area (Å²) in [7, 11) is 1.68. The van der Waals surface area contributed by atoms with Crippen LogP contribution >= 0.6 is 0 Å². The van der Waals surface area contributed by atoms with Crippen molar-refractivity contribution in [2.24, 2.45) is 17.3 Å². The monoisotopic (exact) mass is 286 g/mol. The number of rotatable bonds is 3. The molecule has 3 nitrogen and oxygen atoms in total. The van der Waals surface area contributed by atoms with Crippen LogP contribution in [0.1, 0.15) is 44.1 Å². The topological polar surface area (TPSA) is 46.5 Å². The minimum absolute atomic E-state index is 0.0920. The van der Waals surface area contributed by atoms with E-state index in [9.17, 15) is 9.90 Å². The van der Waals surface area contributed by atoms with Gasteiger partial charge in [0.05, 0.1) is 12.5 Å². The minimum Gasteiger partial charge on any atom is -0.497 e. The highest BCUT2D eigenvalue weighted by Crippen LogP contribution is 2.65. The Labute approximate surface area is 125 Å². The molecule has 4 aliphatic carbocycles. The molecule has 21 heavy (non-hydrogen) atoms. The van der Waals surface area contributed by atoms with Crippen LogP contribution in [-0.2, 0) is 10.2 Å². The molecule has 1 aromatic carbocycles. The lowest BCUT2D eigenvalue weighted by Gasteiger charge is -2.60. The molecule has 112 valence electrons. The Hall–Kier alpha value is -1.51. The predicted octanol–water partition coefficient (Wildman–Crippen LogP) is 3.62. The molecule has 0 unspecified atom stereocenters. The molecule has 0 aliphatic heterocycles. The summed E-state index contributed by atoms with van der Waals surface area (Å²) < 4.78 is 5.25. The van der Waals surface area contributed by atoms with Crippen molar-refractivity contribution in [1.29, 1.82) is 0 Å². The van der Waals surface area contributed by atoms with Crippen LogP contribution in [0.2, 0.25) is 0 Å². The number of hydrogen-bond acceptors (Lipinski definition) is 2. The summed E-state index contributed by atoms with van der Waals surface area (Å²) in [5, 5.41) is 9.80. The van der Waals surface area contributed by atoms with Gasteiger partial charge in [0.2, 0.25) is 0 Å². The van der Waals surface area contributed by atoms with Gasteiger partial charge in [0, 0.05) is 0 Å². The molecule has 0 spiro atoms. The van der Waals surface area contributed by atoms with Crippen LogP contribution in [0.3, 0.4) is 0 Å². The van der Waals surface area contributed by atoms with Crippen molar-refractivity contribution < 1.29 is 14.6 Å². The van der Waals surface area contributed by atoms with E-state index in [-0.39, 0.29) is 5.41 Å². The van der Waals surface area contributed by atoms with E-state index in [1.54, 1.807) is 7.11 Å². The molecule has 2 atom stereocenters. The molecule has 4 bridgehead atoms. The number of carbonyl (C=O) groups is 1. The second-order valence-corrected chi connectivity index (χ2v) is 7.56. The highest BCUT2D eigenvalue weighted by Gasteiger charge is 2.61. The van der Waals surface area contributed by atoms with Gasteiger partial charge in [-0.3, -0.25) is 4.79 Å². The Morgan fingerprint density at radius 1 is 1.14 bits per heavy atom. The zero-order chi connectivity index (χ0) is 14.7. The average molecular weight is 286 g/mol. The van der Waals surface area contributed by atoms with E-state index in [0.29, 0.717) is 11.8 Å². The summed E-state index contributed by atoms with van der Waals surface area (Å²) >= 11 is 0. The molecule has 3 heteroatoms. The molecular weight excluding hydrogens is 264 g/mol. The van der Waals surface area contributed by atoms with Crippen LogP contribution in [-0.4, -0.2) is 18.2 Å². The Balaban J connectivity index is 1.75. The van der Waals surface area contributed by atoms with Crippen molar-refractivity contribution in [3.8, 4) is 5.75 Å². The first-order chi connectivity index (χ1) is 10.1. The largest absolute Gasteiger partial charge is 0.497 e. The van der Waals surface area contributed by atoms with Crippen LogP contribution < -0.4 is 4.74 Å². The Kier molecular flexibility index (Phi) is 2.66. The maximum Gasteiger partial charge on any atom is 0.309 e. The van der Waals surface area contributed by atoms with Crippen molar-refractivity contribution in [2.45, 2.75) is 43.9 Å². The van der Waals surface area contributed by atoms with Crippen molar-refractivity contribution in [3.63, 3.8) is 0 Å². The fraction of sp³-hybridized carbons (Fsp3) is 0.611. The third-order valence-corrected chi connectivity index (χ3v) is 6.22. The lowest BCUT2D eigenvalue weighted by atomic mass is 9.43. The van der Waals surface area contributed by atoms with Gasteiger partial charge in [-0.05, 0) is 73.5 Å². The fourth-order valence-corrected chi connectivity index (χ4v) is 5.80. The third kappa shape index (κ3) is 1.82. The Morgan fingerprint density at radius 2 is 1.76 bits per heavy atom. The molecule has 4 saturated carbocycles. The molecule has 0 radical (unpaired) electrons. The van der Waals surface area contributed by atoms with E-state index in [0.717, 1.165) is 25.0 Å². The highest BCUT2D eigenvalue weighted by atomic mass is 16.5. The standard InChI is InChI=1S/C18H22O3/c1-21-15-4-2-14(3-5-15)17-7-12-6-13(8-17)10-18(9-12,11-17)16(19)20/h2-5,12-13H,6-11H2,1H3,(H,19,20)/t12-,13-,17?,18?/m1/s1. The first-order valence-corrected chi connectivity index (χ1v) is 7.93. The summed E-state index contributed by atoms with van der Waals surface area (Å²) in [4.78, 5) is 11.9. The van der Waals surface area contributed by atoms with Gasteiger partial charge in [-0.25, -0.2) is 0 Å². The first-order valence-electron chi connectivity index (χ1n) is 7.93. The molecule has 4 aliphatic rings. The first kappa shape index (κ1) is 13.2. The Morgan fingerprint density at radius 3 is 2.29 bits per heavy atom. The van der Waals surface area contributed by atoms with Crippen LogP contribution in [0.25, 0.3) is 0 Å². The van der Waals surface area contributed by atoms with Crippen molar-refractivity contribution >= 4 is 5.97 Å². The van der Waals surface area contributed by atoms with Gasteiger partial charge < -0.3 is 9.84 Å². The number of ether oxygens (including phenoxy) is 1. The van der Waals surface area contributed by atoms with Gasteiger partial charge in [-0.1, -0.05) is 12.1 Å². The fourth-order valence-electron chi connectivity index (χ4n) is 5.80. The lowest BCUT2D eigenvalue weighted by molar-refractivity contribution is -0.167. The summed E-state index contributed by atoms with van der Waals surface area (Å²) in [6, 6.07) is 8.34. The number of carboxylic acid groups (broad SMARTS) is 1. The third-order valence-electron chi connectivity index (χ3n) is 6.22. The molecule has 0 aromatic heterocycles. The highest BCUT2D eigenvalue weighted by molar-refractivity contribution is 5.76. The van der Waals surface area contributed by atoms with Gasteiger partial charge in [-0.15, -0.1) is 0 Å². The quantitative estimate of drug-likeness (QED) is 0.923. The van der Waals surface area contributed by atoms with Gasteiger partial charge >= 0.3 is 5.97 Å². The van der Waals surface area contributed by atoms with Crippen molar-refractivity contribution in [1.82, 2.24) is 0 Å². The zero-order valence-corrected chi connectivity index (χ0v) is 12.5. The SMILES string of the molecule is COc1ccc(C23C[C@H]4C[C@@H](CC(C(=O)O)(C4)C2)C3)cc1. The molecule has 0 heterocycles. The van der Waals surface area contributed by atoms with Gasteiger partial charge in [-0.2, -0.15) is 0 Å². The van der Waals surface area contributed by atoms with E-state index in [1.807, 2.05) is 12.1 Å².